The van der Waals surface area contributed by atoms with Gasteiger partial charge in [-0.3, -0.25) is 9.98 Å². The number of nitrogens with zero attached hydrogens (tertiary/aromatic N) is 5. The summed E-state index contributed by atoms with van der Waals surface area (Å²) >= 11 is 0. The van der Waals surface area contributed by atoms with E-state index in [2.05, 4.69) is 67.9 Å². The molecule has 0 radical (unpaired) electrons. The zero-order valence-electron chi connectivity index (χ0n) is 17.9. The second-order valence-electron chi connectivity index (χ2n) is 7.48. The fourth-order valence-electron chi connectivity index (χ4n) is 3.65. The van der Waals surface area contributed by atoms with E-state index in [1.807, 2.05) is 18.2 Å². The summed E-state index contributed by atoms with van der Waals surface area (Å²) in [5, 5.41) is 11.0. The fourth-order valence-corrected chi connectivity index (χ4v) is 3.65. The van der Waals surface area contributed by atoms with Gasteiger partial charge in [0, 0.05) is 50.5 Å². The fraction of sp³-hybridized carbons (Fsp3) is 0.391. The number of aromatic nitrogens is 3. The van der Waals surface area contributed by atoms with Crippen LogP contribution in [0.2, 0.25) is 0 Å². The van der Waals surface area contributed by atoms with E-state index in [-0.39, 0.29) is 0 Å². The average Bonchev–Trinajstić information content (AvgIpc) is 3.30. The van der Waals surface area contributed by atoms with E-state index >= 15 is 0 Å². The summed E-state index contributed by atoms with van der Waals surface area (Å²) in [6.07, 6.45) is 4.48. The van der Waals surface area contributed by atoms with Crippen LogP contribution in [-0.2, 0) is 6.42 Å². The molecule has 2 aromatic heterocycles. The van der Waals surface area contributed by atoms with E-state index in [1.165, 1.54) is 5.69 Å². The quantitative estimate of drug-likeness (QED) is 0.449. The van der Waals surface area contributed by atoms with Gasteiger partial charge in [0.2, 0.25) is 0 Å². The number of aliphatic imine (C=N–C) groups is 1. The number of hydrogen-bond acceptors (Lipinski definition) is 6. The van der Waals surface area contributed by atoms with Crippen molar-refractivity contribution in [3.8, 4) is 11.6 Å². The van der Waals surface area contributed by atoms with Crippen molar-refractivity contribution in [1.29, 1.82) is 0 Å². The first-order chi connectivity index (χ1) is 15.3. The lowest BCUT2D eigenvalue weighted by molar-refractivity contribution is 0.421. The highest BCUT2D eigenvalue weighted by Crippen LogP contribution is 2.19. The molecule has 162 valence electrons. The summed E-state index contributed by atoms with van der Waals surface area (Å²) in [5.74, 6) is 1.92. The van der Waals surface area contributed by atoms with Crippen molar-refractivity contribution in [2.24, 2.45) is 4.99 Å². The van der Waals surface area contributed by atoms with Gasteiger partial charge in [-0.2, -0.15) is 4.98 Å². The van der Waals surface area contributed by atoms with E-state index in [1.54, 1.807) is 6.20 Å². The molecule has 3 aromatic rings. The van der Waals surface area contributed by atoms with Crippen LogP contribution >= 0.6 is 0 Å². The second kappa shape index (κ2) is 10.6. The van der Waals surface area contributed by atoms with Crippen molar-refractivity contribution in [3.05, 3.63) is 60.6 Å². The largest absolute Gasteiger partial charge is 0.371 e. The lowest BCUT2D eigenvalue weighted by atomic mass is 10.0. The Balaban J connectivity index is 1.27. The van der Waals surface area contributed by atoms with Gasteiger partial charge in [-0.05, 0) is 44.0 Å². The van der Waals surface area contributed by atoms with E-state index in [9.17, 15) is 0 Å². The minimum absolute atomic E-state index is 0.415. The van der Waals surface area contributed by atoms with Crippen LogP contribution < -0.4 is 15.5 Å². The van der Waals surface area contributed by atoms with Crippen LogP contribution in [0.3, 0.4) is 0 Å². The van der Waals surface area contributed by atoms with Gasteiger partial charge < -0.3 is 20.1 Å². The number of hydrogen-bond donors (Lipinski definition) is 2. The molecule has 8 heteroatoms. The maximum Gasteiger partial charge on any atom is 0.276 e. The summed E-state index contributed by atoms with van der Waals surface area (Å²) in [7, 11) is 0. The predicted molar refractivity (Wildman–Crippen MR) is 122 cm³/mol. The predicted octanol–water partition coefficient (Wildman–Crippen LogP) is 2.90. The van der Waals surface area contributed by atoms with Crippen LogP contribution in [0.15, 0.2) is 64.2 Å². The molecule has 2 N–H and O–H groups in total. The molecule has 0 aliphatic carbocycles. The van der Waals surface area contributed by atoms with Gasteiger partial charge in [0.15, 0.2) is 11.8 Å². The van der Waals surface area contributed by atoms with E-state index in [4.69, 9.17) is 9.52 Å². The van der Waals surface area contributed by atoms with Crippen molar-refractivity contribution in [1.82, 2.24) is 25.8 Å². The number of pyridine rings is 1. The number of anilines is 1. The molecule has 1 aliphatic heterocycles. The second-order valence-corrected chi connectivity index (χ2v) is 7.48. The number of guanidine groups is 1. The molecule has 0 spiro atoms. The SMILES string of the molecule is CCNC(=NCCc1noc(-c2ccccn2)n1)NC1CCN(c2ccccc2)CC1. The molecule has 3 heterocycles. The summed E-state index contributed by atoms with van der Waals surface area (Å²) < 4.78 is 5.32. The molecule has 1 aromatic carbocycles. The topological polar surface area (TPSA) is 91.5 Å². The molecule has 31 heavy (non-hydrogen) atoms. The minimum atomic E-state index is 0.415. The third kappa shape index (κ3) is 5.81. The smallest absolute Gasteiger partial charge is 0.276 e. The van der Waals surface area contributed by atoms with Crippen molar-refractivity contribution in [2.45, 2.75) is 32.2 Å². The maximum atomic E-state index is 5.32. The van der Waals surface area contributed by atoms with Crippen molar-refractivity contribution in [2.75, 3.05) is 31.1 Å². The van der Waals surface area contributed by atoms with Crippen LogP contribution in [0.4, 0.5) is 5.69 Å². The minimum Gasteiger partial charge on any atom is -0.371 e. The van der Waals surface area contributed by atoms with Crippen LogP contribution in [-0.4, -0.2) is 53.3 Å². The van der Waals surface area contributed by atoms with Gasteiger partial charge in [0.05, 0.1) is 0 Å². The summed E-state index contributed by atoms with van der Waals surface area (Å²) in [6, 6.07) is 16.6. The van der Waals surface area contributed by atoms with E-state index < -0.39 is 0 Å². The Labute approximate surface area is 182 Å². The molecule has 1 aliphatic rings. The normalized spacial score (nSPS) is 15.1. The van der Waals surface area contributed by atoms with Gasteiger partial charge in [-0.1, -0.05) is 29.4 Å². The monoisotopic (exact) mass is 419 g/mol. The zero-order chi connectivity index (χ0) is 21.3. The molecule has 1 saturated heterocycles. The first kappa shape index (κ1) is 20.8. The van der Waals surface area contributed by atoms with Crippen molar-refractivity contribution < 1.29 is 4.52 Å². The molecule has 1 fully saturated rings. The lowest BCUT2D eigenvalue weighted by Crippen LogP contribution is -2.48. The number of nitrogens with one attached hydrogen (secondary N) is 2. The Hall–Kier alpha value is -3.42. The van der Waals surface area contributed by atoms with Gasteiger partial charge in [-0.15, -0.1) is 0 Å². The number of para-hydroxylation sites is 1. The van der Waals surface area contributed by atoms with Crippen molar-refractivity contribution >= 4 is 11.6 Å². The maximum absolute atomic E-state index is 5.32. The first-order valence-electron chi connectivity index (χ1n) is 10.9. The van der Waals surface area contributed by atoms with Crippen LogP contribution in [0.25, 0.3) is 11.6 Å². The summed E-state index contributed by atoms with van der Waals surface area (Å²) in [4.78, 5) is 15.8. The molecule has 8 nitrogen and oxygen atoms in total. The van der Waals surface area contributed by atoms with Crippen LogP contribution in [0, 0.1) is 0 Å². The summed E-state index contributed by atoms with van der Waals surface area (Å²) in [5.41, 5.74) is 1.98. The molecule has 0 unspecified atom stereocenters. The first-order valence-corrected chi connectivity index (χ1v) is 10.9. The van der Waals surface area contributed by atoms with Gasteiger partial charge >= 0.3 is 0 Å². The highest BCUT2D eigenvalue weighted by atomic mass is 16.5. The Morgan fingerprint density at radius 2 is 1.94 bits per heavy atom. The molecule has 0 saturated carbocycles. The van der Waals surface area contributed by atoms with Gasteiger partial charge in [0.25, 0.3) is 5.89 Å². The Morgan fingerprint density at radius 1 is 1.13 bits per heavy atom. The highest BCUT2D eigenvalue weighted by molar-refractivity contribution is 5.80. The Bertz CT molecular complexity index is 950. The third-order valence-electron chi connectivity index (χ3n) is 5.26. The van der Waals surface area contributed by atoms with Crippen LogP contribution in [0.5, 0.6) is 0 Å². The van der Waals surface area contributed by atoms with E-state index in [0.29, 0.717) is 36.4 Å². The van der Waals surface area contributed by atoms with E-state index in [0.717, 1.165) is 38.4 Å². The average molecular weight is 420 g/mol. The molecule has 0 bridgehead atoms. The zero-order valence-corrected chi connectivity index (χ0v) is 17.9. The van der Waals surface area contributed by atoms with Gasteiger partial charge in [0.1, 0.15) is 5.69 Å². The lowest BCUT2D eigenvalue weighted by Gasteiger charge is -2.34. The summed E-state index contributed by atoms with van der Waals surface area (Å²) in [6.45, 7) is 5.56. The third-order valence-corrected chi connectivity index (χ3v) is 5.26. The van der Waals surface area contributed by atoms with Gasteiger partial charge in [-0.25, -0.2) is 0 Å². The van der Waals surface area contributed by atoms with Crippen molar-refractivity contribution in [3.63, 3.8) is 0 Å². The Morgan fingerprint density at radius 3 is 2.68 bits per heavy atom. The molecule has 0 atom stereocenters. The highest BCUT2D eigenvalue weighted by Gasteiger charge is 2.20. The molecule has 0 amide bonds. The molecular formula is C23H29N7O. The Kier molecular flexibility index (Phi) is 7.10. The number of rotatable bonds is 7. The number of benzene rings is 1. The van der Waals surface area contributed by atoms with Crippen LogP contribution in [0.1, 0.15) is 25.6 Å². The molecular weight excluding hydrogens is 390 g/mol. The standard InChI is InChI=1S/C23H29N7O/c1-2-24-23(27-18-12-16-30(17-13-18)19-8-4-3-5-9-19)26-15-11-21-28-22(31-29-21)20-10-6-7-14-25-20/h3-10,14,18H,2,11-13,15-17H2,1H3,(H2,24,26,27). The number of piperidine rings is 1. The molecule has 4 rings (SSSR count).